The fourth-order valence-electron chi connectivity index (χ4n) is 1.11. The van der Waals surface area contributed by atoms with Gasteiger partial charge in [-0.05, 0) is 6.07 Å². The molecule has 17 heavy (non-hydrogen) atoms. The maximum atomic E-state index is 11.0. The van der Waals surface area contributed by atoms with Crippen LogP contribution < -0.4 is 4.90 Å². The van der Waals surface area contributed by atoms with Crippen LogP contribution in [-0.2, 0) is 9.84 Å². The van der Waals surface area contributed by atoms with Crippen molar-refractivity contribution >= 4 is 50.5 Å². The topological polar surface area (TPSA) is 50.3 Å². The van der Waals surface area contributed by atoms with Crippen LogP contribution >= 0.6 is 34.8 Å². The smallest absolute Gasteiger partial charge is 0.150 e. The monoisotopic (exact) mass is 316 g/mol. The number of pyridine rings is 1. The van der Waals surface area contributed by atoms with E-state index in [9.17, 15) is 8.42 Å². The van der Waals surface area contributed by atoms with E-state index in [0.29, 0.717) is 10.8 Å². The summed E-state index contributed by atoms with van der Waals surface area (Å²) in [7, 11) is -1.35. The number of aromatic nitrogens is 1. The number of nitrogens with zero attached hydrogens (tertiary/aromatic N) is 2. The van der Waals surface area contributed by atoms with Gasteiger partial charge in [-0.2, -0.15) is 0 Å². The normalized spacial score (nSPS) is 11.6. The molecule has 0 amide bonds. The lowest BCUT2D eigenvalue weighted by atomic mass is 10.4. The highest BCUT2D eigenvalue weighted by atomic mass is 35.5. The van der Waals surface area contributed by atoms with Gasteiger partial charge in [-0.15, -0.1) is 0 Å². The quantitative estimate of drug-likeness (QED) is 0.801. The molecule has 0 unspecified atom stereocenters. The second-order valence-corrected chi connectivity index (χ2v) is 7.05. The van der Waals surface area contributed by atoms with Crippen molar-refractivity contribution in [1.82, 2.24) is 4.98 Å². The van der Waals surface area contributed by atoms with Crippen LogP contribution in [0.2, 0.25) is 15.2 Å². The Morgan fingerprint density at radius 3 is 2.41 bits per heavy atom. The Labute approximate surface area is 115 Å². The van der Waals surface area contributed by atoms with Crippen molar-refractivity contribution in [3.63, 3.8) is 0 Å². The molecule has 0 aliphatic carbocycles. The molecule has 0 aliphatic rings. The largest absolute Gasteiger partial charge is 0.357 e. The maximum Gasteiger partial charge on any atom is 0.150 e. The van der Waals surface area contributed by atoms with Gasteiger partial charge in [0.2, 0.25) is 0 Å². The summed E-state index contributed by atoms with van der Waals surface area (Å²) in [6, 6.07) is 1.48. The summed E-state index contributed by atoms with van der Waals surface area (Å²) in [5.41, 5.74) is 0. The van der Waals surface area contributed by atoms with E-state index < -0.39 is 9.84 Å². The van der Waals surface area contributed by atoms with E-state index in [4.69, 9.17) is 34.8 Å². The molecular weight excluding hydrogens is 307 g/mol. The molecule has 0 aromatic carbocycles. The fraction of sp³-hybridized carbons (Fsp3) is 0.444. The molecule has 1 aromatic heterocycles. The van der Waals surface area contributed by atoms with Crippen molar-refractivity contribution in [2.75, 3.05) is 30.5 Å². The van der Waals surface area contributed by atoms with Gasteiger partial charge in [0.15, 0.2) is 0 Å². The molecule has 8 heteroatoms. The summed E-state index contributed by atoms with van der Waals surface area (Å²) in [6.07, 6.45) is 1.17. The SMILES string of the molecule is CN(CCS(C)(=O)=O)c1nc(Cl)c(Cl)cc1Cl. The minimum atomic E-state index is -3.03. The van der Waals surface area contributed by atoms with E-state index in [1.807, 2.05) is 0 Å². The second-order valence-electron chi connectivity index (χ2n) is 3.62. The van der Waals surface area contributed by atoms with Gasteiger partial charge in [0, 0.05) is 19.8 Å². The van der Waals surface area contributed by atoms with Crippen LogP contribution in [0.5, 0.6) is 0 Å². The number of sulfone groups is 1. The van der Waals surface area contributed by atoms with E-state index in [1.165, 1.54) is 12.3 Å². The Morgan fingerprint density at radius 1 is 1.29 bits per heavy atom. The van der Waals surface area contributed by atoms with Crippen molar-refractivity contribution in [1.29, 1.82) is 0 Å². The van der Waals surface area contributed by atoms with E-state index >= 15 is 0 Å². The van der Waals surface area contributed by atoms with Gasteiger partial charge in [0.1, 0.15) is 20.8 Å². The Bertz CT molecular complexity index is 519. The Hall–Kier alpha value is -0.230. The molecule has 4 nitrogen and oxygen atoms in total. The predicted molar refractivity (Wildman–Crippen MR) is 72.2 cm³/mol. The van der Waals surface area contributed by atoms with Gasteiger partial charge in [-0.25, -0.2) is 13.4 Å². The highest BCUT2D eigenvalue weighted by Gasteiger charge is 2.13. The highest BCUT2D eigenvalue weighted by Crippen LogP contribution is 2.30. The molecule has 0 N–H and O–H groups in total. The number of hydrogen-bond donors (Lipinski definition) is 0. The minimum absolute atomic E-state index is 0.0156. The van der Waals surface area contributed by atoms with Crippen LogP contribution in [-0.4, -0.2) is 39.0 Å². The van der Waals surface area contributed by atoms with Crippen LogP contribution in [0.4, 0.5) is 5.82 Å². The standard InChI is InChI=1S/C9H11Cl3N2O2S/c1-14(3-4-17(2,15)16)9-7(11)5-6(10)8(12)13-9/h5H,3-4H2,1-2H3. The lowest BCUT2D eigenvalue weighted by Crippen LogP contribution is -2.26. The van der Waals surface area contributed by atoms with Crippen LogP contribution in [0.3, 0.4) is 0 Å². The first-order chi connectivity index (χ1) is 7.70. The van der Waals surface area contributed by atoms with Crippen molar-refractivity contribution in [2.45, 2.75) is 0 Å². The summed E-state index contributed by atoms with van der Waals surface area (Å²) in [4.78, 5) is 5.62. The summed E-state index contributed by atoms with van der Waals surface area (Å²) >= 11 is 17.5. The molecule has 0 saturated heterocycles. The van der Waals surface area contributed by atoms with E-state index in [1.54, 1.807) is 11.9 Å². The zero-order valence-corrected chi connectivity index (χ0v) is 12.3. The van der Waals surface area contributed by atoms with Crippen molar-refractivity contribution in [3.8, 4) is 0 Å². The first kappa shape index (κ1) is 14.8. The molecular formula is C9H11Cl3N2O2S. The Kier molecular flexibility index (Phi) is 4.89. The average Bonchev–Trinajstić information content (AvgIpc) is 2.19. The molecule has 1 rings (SSSR count). The van der Waals surface area contributed by atoms with Crippen LogP contribution in [0.25, 0.3) is 0 Å². The summed E-state index contributed by atoms with van der Waals surface area (Å²) < 4.78 is 22.1. The number of rotatable bonds is 4. The van der Waals surface area contributed by atoms with Gasteiger partial charge >= 0.3 is 0 Å². The van der Waals surface area contributed by atoms with Gasteiger partial charge in [-0.3, -0.25) is 0 Å². The predicted octanol–water partition coefficient (Wildman–Crippen LogP) is 2.52. The summed E-state index contributed by atoms with van der Waals surface area (Å²) in [6.45, 7) is 0.281. The molecule has 0 aliphatic heterocycles. The minimum Gasteiger partial charge on any atom is -0.357 e. The number of hydrogen-bond acceptors (Lipinski definition) is 4. The van der Waals surface area contributed by atoms with E-state index in [0.717, 1.165) is 0 Å². The van der Waals surface area contributed by atoms with Gasteiger partial charge in [0.05, 0.1) is 15.8 Å². The molecule has 0 spiro atoms. The molecule has 0 bridgehead atoms. The number of halogens is 3. The zero-order valence-electron chi connectivity index (χ0n) is 9.24. The molecule has 0 fully saturated rings. The fourth-order valence-corrected chi connectivity index (χ4v) is 2.35. The number of anilines is 1. The van der Waals surface area contributed by atoms with Crippen LogP contribution in [0, 0.1) is 0 Å². The maximum absolute atomic E-state index is 11.0. The summed E-state index contributed by atoms with van der Waals surface area (Å²) in [5.74, 6) is 0.423. The van der Waals surface area contributed by atoms with Gasteiger partial charge < -0.3 is 4.90 Å². The third-order valence-corrected chi connectivity index (χ3v) is 3.90. The van der Waals surface area contributed by atoms with Gasteiger partial charge in [0.25, 0.3) is 0 Å². The molecule has 96 valence electrons. The van der Waals surface area contributed by atoms with Crippen molar-refractivity contribution < 1.29 is 8.42 Å². The van der Waals surface area contributed by atoms with E-state index in [2.05, 4.69) is 4.98 Å². The zero-order chi connectivity index (χ0) is 13.2. The first-order valence-corrected chi connectivity index (χ1v) is 7.80. The third kappa shape index (κ3) is 4.50. The molecule has 1 heterocycles. The Morgan fingerprint density at radius 2 is 1.88 bits per heavy atom. The molecule has 0 atom stereocenters. The van der Waals surface area contributed by atoms with Crippen molar-refractivity contribution in [3.05, 3.63) is 21.3 Å². The molecule has 0 radical (unpaired) electrons. The second kappa shape index (κ2) is 5.61. The van der Waals surface area contributed by atoms with Crippen molar-refractivity contribution in [2.24, 2.45) is 0 Å². The highest BCUT2D eigenvalue weighted by molar-refractivity contribution is 7.90. The first-order valence-electron chi connectivity index (χ1n) is 4.61. The van der Waals surface area contributed by atoms with Crippen LogP contribution in [0.1, 0.15) is 0 Å². The molecule has 0 saturated carbocycles. The Balaban J connectivity index is 2.89. The van der Waals surface area contributed by atoms with Gasteiger partial charge in [-0.1, -0.05) is 34.8 Å². The third-order valence-electron chi connectivity index (χ3n) is 2.03. The lowest BCUT2D eigenvalue weighted by molar-refractivity contribution is 0.601. The summed E-state index contributed by atoms with van der Waals surface area (Å²) in [5, 5.41) is 0.726. The van der Waals surface area contributed by atoms with E-state index in [-0.39, 0.29) is 22.5 Å². The average molecular weight is 318 g/mol. The molecule has 1 aromatic rings. The lowest BCUT2D eigenvalue weighted by Gasteiger charge is -2.19. The van der Waals surface area contributed by atoms with Crippen LogP contribution in [0.15, 0.2) is 6.07 Å².